The van der Waals surface area contributed by atoms with Crippen LogP contribution >= 0.6 is 0 Å². The minimum Gasteiger partial charge on any atom is -0.484 e. The van der Waals surface area contributed by atoms with Crippen LogP contribution in [-0.2, 0) is 19.6 Å². The highest BCUT2D eigenvalue weighted by molar-refractivity contribution is 5.31. The highest BCUT2D eigenvalue weighted by Gasteiger charge is 2.10. The normalized spacial score (nSPS) is 12.4. The van der Waals surface area contributed by atoms with Crippen molar-refractivity contribution in [3.05, 3.63) is 47.0 Å². The number of aromatic nitrogens is 2. The van der Waals surface area contributed by atoms with E-state index in [9.17, 15) is 4.39 Å². The van der Waals surface area contributed by atoms with Gasteiger partial charge in [0.15, 0.2) is 11.6 Å². The number of nitrogens with two attached hydrogens (primary N) is 1. The van der Waals surface area contributed by atoms with E-state index in [2.05, 4.69) is 12.0 Å². The summed E-state index contributed by atoms with van der Waals surface area (Å²) in [6.45, 7) is 6.97. The molecule has 1 aromatic carbocycles. The molecule has 0 saturated carbocycles. The maximum atomic E-state index is 14.0. The molecule has 0 bridgehead atoms. The molecule has 2 aromatic rings. The summed E-state index contributed by atoms with van der Waals surface area (Å²) in [7, 11) is 0. The minimum absolute atomic E-state index is 0.192. The van der Waals surface area contributed by atoms with Crippen LogP contribution in [0.25, 0.3) is 0 Å². The molecule has 0 spiro atoms. The molecule has 0 fully saturated rings. The van der Waals surface area contributed by atoms with Gasteiger partial charge in [-0.3, -0.25) is 4.68 Å². The van der Waals surface area contributed by atoms with E-state index >= 15 is 0 Å². The first-order valence-electron chi connectivity index (χ1n) is 7.28. The van der Waals surface area contributed by atoms with Crippen molar-refractivity contribution >= 4 is 0 Å². The molecule has 5 heteroatoms. The molecule has 21 heavy (non-hydrogen) atoms. The fourth-order valence-electron chi connectivity index (χ4n) is 2.15. The van der Waals surface area contributed by atoms with E-state index in [4.69, 9.17) is 10.5 Å². The number of rotatable bonds is 6. The van der Waals surface area contributed by atoms with Crippen molar-refractivity contribution < 1.29 is 9.13 Å². The number of ether oxygens (including phenoxy) is 1. The molecule has 4 nitrogen and oxygen atoms in total. The molecule has 1 aromatic heterocycles. The van der Waals surface area contributed by atoms with Gasteiger partial charge >= 0.3 is 0 Å². The highest BCUT2D eigenvalue weighted by Crippen LogP contribution is 2.22. The van der Waals surface area contributed by atoms with Crippen molar-refractivity contribution in [1.29, 1.82) is 0 Å². The lowest BCUT2D eigenvalue weighted by molar-refractivity contribution is 0.278. The summed E-state index contributed by atoms with van der Waals surface area (Å²) >= 11 is 0. The predicted octanol–water partition coefficient (Wildman–Crippen LogP) is 3.20. The van der Waals surface area contributed by atoms with Gasteiger partial charge in [0, 0.05) is 12.6 Å². The van der Waals surface area contributed by atoms with Crippen LogP contribution in [0.5, 0.6) is 5.75 Å². The fourth-order valence-corrected chi connectivity index (χ4v) is 2.15. The van der Waals surface area contributed by atoms with Crippen LogP contribution < -0.4 is 10.5 Å². The number of nitrogens with zero attached hydrogens (tertiary/aromatic N) is 2. The molecule has 1 unspecified atom stereocenters. The van der Waals surface area contributed by atoms with Gasteiger partial charge in [-0.2, -0.15) is 5.10 Å². The van der Waals surface area contributed by atoms with E-state index < -0.39 is 0 Å². The van der Waals surface area contributed by atoms with Crippen molar-refractivity contribution in [2.75, 3.05) is 0 Å². The van der Waals surface area contributed by atoms with Gasteiger partial charge in [0.2, 0.25) is 0 Å². The third-order valence-corrected chi connectivity index (χ3v) is 3.43. The van der Waals surface area contributed by atoms with Gasteiger partial charge in [-0.05, 0) is 44.0 Å². The van der Waals surface area contributed by atoms with Gasteiger partial charge < -0.3 is 10.5 Å². The van der Waals surface area contributed by atoms with Gasteiger partial charge in [-0.15, -0.1) is 0 Å². The van der Waals surface area contributed by atoms with E-state index in [1.807, 2.05) is 24.6 Å². The molecule has 114 valence electrons. The number of aryl methyl sites for hydroxylation is 2. The Labute approximate surface area is 124 Å². The molecule has 0 amide bonds. The van der Waals surface area contributed by atoms with E-state index in [1.54, 1.807) is 12.1 Å². The Bertz CT molecular complexity index is 608. The highest BCUT2D eigenvalue weighted by atomic mass is 19.1. The molecular weight excluding hydrogens is 269 g/mol. The zero-order valence-electron chi connectivity index (χ0n) is 12.8. The topological polar surface area (TPSA) is 53.1 Å². The Kier molecular flexibility index (Phi) is 4.96. The van der Waals surface area contributed by atoms with Gasteiger partial charge in [-0.1, -0.05) is 13.0 Å². The molecule has 2 rings (SSSR count). The summed E-state index contributed by atoms with van der Waals surface area (Å²) in [4.78, 5) is 0. The Hall–Kier alpha value is -1.88. The van der Waals surface area contributed by atoms with Gasteiger partial charge in [0.05, 0.1) is 11.4 Å². The monoisotopic (exact) mass is 291 g/mol. The smallest absolute Gasteiger partial charge is 0.165 e. The summed E-state index contributed by atoms with van der Waals surface area (Å²) in [6.07, 6.45) is 0.872. The third-order valence-electron chi connectivity index (χ3n) is 3.43. The largest absolute Gasteiger partial charge is 0.484 e. The van der Waals surface area contributed by atoms with Gasteiger partial charge in [0.25, 0.3) is 0 Å². The van der Waals surface area contributed by atoms with Crippen molar-refractivity contribution in [2.45, 2.75) is 46.4 Å². The SMILES string of the molecule is CCc1cc(COc2ccc(C(C)N)cc2F)n(CC)n1. The third kappa shape index (κ3) is 3.61. The van der Waals surface area contributed by atoms with E-state index in [1.165, 1.54) is 6.07 Å². The van der Waals surface area contributed by atoms with Crippen LogP contribution in [0.1, 0.15) is 43.8 Å². The summed E-state index contributed by atoms with van der Waals surface area (Å²) in [6, 6.07) is 6.65. The quantitative estimate of drug-likeness (QED) is 0.889. The van der Waals surface area contributed by atoms with Gasteiger partial charge in [0.1, 0.15) is 6.61 Å². The van der Waals surface area contributed by atoms with Crippen molar-refractivity contribution in [3.8, 4) is 5.75 Å². The van der Waals surface area contributed by atoms with E-state index in [0.29, 0.717) is 6.61 Å². The minimum atomic E-state index is -0.386. The molecular formula is C16H22FN3O. The average molecular weight is 291 g/mol. The first-order chi connectivity index (χ1) is 10.0. The Morgan fingerprint density at radius 2 is 2.10 bits per heavy atom. The van der Waals surface area contributed by atoms with Crippen LogP contribution in [0.3, 0.4) is 0 Å². The lowest BCUT2D eigenvalue weighted by Crippen LogP contribution is -2.08. The van der Waals surface area contributed by atoms with Crippen LogP contribution in [-0.4, -0.2) is 9.78 Å². The number of hydrogen-bond donors (Lipinski definition) is 1. The fraction of sp³-hybridized carbons (Fsp3) is 0.438. The van der Waals surface area contributed by atoms with Crippen LogP contribution in [0, 0.1) is 5.82 Å². The summed E-state index contributed by atoms with van der Waals surface area (Å²) < 4.78 is 21.4. The lowest BCUT2D eigenvalue weighted by Gasteiger charge is -2.11. The Morgan fingerprint density at radius 1 is 1.33 bits per heavy atom. The zero-order chi connectivity index (χ0) is 15.4. The molecule has 0 radical (unpaired) electrons. The summed E-state index contributed by atoms with van der Waals surface area (Å²) in [5.74, 6) is -0.149. The maximum absolute atomic E-state index is 14.0. The molecule has 0 saturated heterocycles. The maximum Gasteiger partial charge on any atom is 0.165 e. The molecule has 2 N–H and O–H groups in total. The van der Waals surface area contributed by atoms with Crippen molar-refractivity contribution in [1.82, 2.24) is 9.78 Å². The molecule has 0 aliphatic heterocycles. The Morgan fingerprint density at radius 3 is 2.67 bits per heavy atom. The first-order valence-corrected chi connectivity index (χ1v) is 7.28. The second kappa shape index (κ2) is 6.72. The molecule has 1 heterocycles. The second-order valence-electron chi connectivity index (χ2n) is 5.06. The molecule has 0 aliphatic carbocycles. The second-order valence-corrected chi connectivity index (χ2v) is 5.06. The number of hydrogen-bond acceptors (Lipinski definition) is 3. The van der Waals surface area contributed by atoms with Crippen LogP contribution in [0.4, 0.5) is 4.39 Å². The lowest BCUT2D eigenvalue weighted by atomic mass is 10.1. The molecule has 0 aliphatic rings. The molecule has 1 atom stereocenters. The van der Waals surface area contributed by atoms with Gasteiger partial charge in [-0.25, -0.2) is 4.39 Å². The Balaban J connectivity index is 2.11. The van der Waals surface area contributed by atoms with Crippen LogP contribution in [0.2, 0.25) is 0 Å². The van der Waals surface area contributed by atoms with E-state index in [0.717, 1.165) is 29.9 Å². The predicted molar refractivity (Wildman–Crippen MR) is 80.6 cm³/mol. The first kappa shape index (κ1) is 15.5. The van der Waals surface area contributed by atoms with Crippen molar-refractivity contribution in [2.24, 2.45) is 5.73 Å². The summed E-state index contributed by atoms with van der Waals surface area (Å²) in [5, 5.41) is 4.45. The average Bonchev–Trinajstić information content (AvgIpc) is 2.88. The number of benzene rings is 1. The number of halogens is 1. The standard InChI is InChI=1S/C16H22FN3O/c1-4-13-9-14(20(5-2)19-13)10-21-16-7-6-12(11(3)18)8-15(16)17/h6-9,11H,4-5,10,18H2,1-3H3. The van der Waals surface area contributed by atoms with Crippen molar-refractivity contribution in [3.63, 3.8) is 0 Å². The van der Waals surface area contributed by atoms with E-state index in [-0.39, 0.29) is 17.6 Å². The zero-order valence-corrected chi connectivity index (χ0v) is 12.8. The van der Waals surface area contributed by atoms with Crippen LogP contribution in [0.15, 0.2) is 24.3 Å². The summed E-state index contributed by atoms with van der Waals surface area (Å²) in [5.41, 5.74) is 8.46.